The van der Waals surface area contributed by atoms with E-state index in [0.717, 1.165) is 5.56 Å². The first-order valence-corrected chi connectivity index (χ1v) is 7.45. The number of hydrogen-bond acceptors (Lipinski definition) is 5. The van der Waals surface area contributed by atoms with Gasteiger partial charge in [0.2, 0.25) is 0 Å². The molecule has 1 aromatic carbocycles. The fourth-order valence-electron chi connectivity index (χ4n) is 1.77. The average molecular weight is 283 g/mol. The van der Waals surface area contributed by atoms with Crippen molar-refractivity contribution in [1.82, 2.24) is 0 Å². The Labute approximate surface area is 112 Å². The summed E-state index contributed by atoms with van der Waals surface area (Å²) in [6, 6.07) is 6.48. The van der Waals surface area contributed by atoms with Crippen LogP contribution in [0.3, 0.4) is 0 Å². The summed E-state index contributed by atoms with van der Waals surface area (Å²) in [7, 11) is -3.51. The highest BCUT2D eigenvalue weighted by molar-refractivity contribution is 7.91. The predicted molar refractivity (Wildman–Crippen MR) is 72.3 cm³/mol. The first kappa shape index (κ1) is 15.4. The Hall–Kier alpha value is -1.69. The summed E-state index contributed by atoms with van der Waals surface area (Å²) >= 11 is 0. The first-order valence-electron chi connectivity index (χ1n) is 5.80. The zero-order valence-corrected chi connectivity index (χ0v) is 11.9. The molecule has 19 heavy (non-hydrogen) atoms. The van der Waals surface area contributed by atoms with Gasteiger partial charge in [-0.15, -0.1) is 0 Å². The van der Waals surface area contributed by atoms with E-state index in [1.807, 2.05) is 6.92 Å². The van der Waals surface area contributed by atoms with Crippen LogP contribution in [0.4, 0.5) is 0 Å². The fourth-order valence-corrected chi connectivity index (χ4v) is 3.33. The third-order valence-electron chi connectivity index (χ3n) is 2.78. The molecule has 1 unspecified atom stereocenters. The van der Waals surface area contributed by atoms with Crippen molar-refractivity contribution >= 4 is 21.3 Å². The highest BCUT2D eigenvalue weighted by Gasteiger charge is 2.24. The van der Waals surface area contributed by atoms with Gasteiger partial charge < -0.3 is 5.21 Å². The van der Waals surface area contributed by atoms with Crippen molar-refractivity contribution in [2.24, 2.45) is 11.1 Å². The lowest BCUT2D eigenvalue weighted by atomic mass is 10.1. The van der Waals surface area contributed by atoms with E-state index in [-0.39, 0.29) is 16.4 Å². The Morgan fingerprint density at radius 1 is 1.32 bits per heavy atom. The van der Waals surface area contributed by atoms with Crippen molar-refractivity contribution < 1.29 is 18.4 Å². The lowest BCUT2D eigenvalue weighted by molar-refractivity contribution is -0.111. The van der Waals surface area contributed by atoms with E-state index in [9.17, 15) is 13.2 Å². The second kappa shape index (κ2) is 5.97. The molecule has 0 saturated carbocycles. The van der Waals surface area contributed by atoms with Crippen LogP contribution in [0, 0.1) is 12.8 Å². The number of hydrogen-bond donors (Lipinski definition) is 1. The molecule has 0 amide bonds. The van der Waals surface area contributed by atoms with Crippen LogP contribution in [0.1, 0.15) is 19.4 Å². The summed E-state index contributed by atoms with van der Waals surface area (Å²) in [6.45, 7) is 4.65. The van der Waals surface area contributed by atoms with Crippen LogP contribution < -0.4 is 0 Å². The molecule has 0 spiro atoms. The van der Waals surface area contributed by atoms with Gasteiger partial charge in [-0.1, -0.05) is 29.8 Å². The summed E-state index contributed by atoms with van der Waals surface area (Å²) in [5.41, 5.74) is 0.837. The fraction of sp³-hybridized carbons (Fsp3) is 0.385. The van der Waals surface area contributed by atoms with Gasteiger partial charge in [0, 0.05) is 12.8 Å². The van der Waals surface area contributed by atoms with Gasteiger partial charge in [-0.3, -0.25) is 4.79 Å². The van der Waals surface area contributed by atoms with E-state index in [4.69, 9.17) is 5.21 Å². The molecule has 0 aliphatic rings. The number of rotatable bonds is 5. The average Bonchev–Trinajstić information content (AvgIpc) is 2.29. The minimum atomic E-state index is -3.51. The molecule has 0 saturated heterocycles. The third-order valence-corrected chi connectivity index (χ3v) is 4.71. The number of aryl methyl sites for hydroxylation is 1. The number of ketones is 1. The quantitative estimate of drug-likeness (QED) is 0.507. The molecule has 6 heteroatoms. The van der Waals surface area contributed by atoms with E-state index >= 15 is 0 Å². The third kappa shape index (κ3) is 3.89. The molecular weight excluding hydrogens is 266 g/mol. The number of benzene rings is 1. The first-order chi connectivity index (χ1) is 8.77. The zero-order chi connectivity index (χ0) is 14.6. The second-order valence-electron chi connectivity index (χ2n) is 4.54. The molecule has 1 N–H and O–H groups in total. The Bertz CT molecular complexity index is 588. The van der Waals surface area contributed by atoms with Gasteiger partial charge in [-0.05, 0) is 19.1 Å². The summed E-state index contributed by atoms with van der Waals surface area (Å²) in [4.78, 5) is 11.4. The number of oxime groups is 1. The van der Waals surface area contributed by atoms with Gasteiger partial charge >= 0.3 is 0 Å². The van der Waals surface area contributed by atoms with Crippen LogP contribution in [0.5, 0.6) is 0 Å². The Morgan fingerprint density at radius 3 is 2.26 bits per heavy atom. The van der Waals surface area contributed by atoms with E-state index in [2.05, 4.69) is 5.16 Å². The topological polar surface area (TPSA) is 83.8 Å². The zero-order valence-electron chi connectivity index (χ0n) is 11.1. The van der Waals surface area contributed by atoms with E-state index in [0.29, 0.717) is 0 Å². The summed E-state index contributed by atoms with van der Waals surface area (Å²) < 4.78 is 24.3. The van der Waals surface area contributed by atoms with Crippen LogP contribution in [0.25, 0.3) is 0 Å². The molecule has 0 radical (unpaired) electrons. The monoisotopic (exact) mass is 283 g/mol. The predicted octanol–water partition coefficient (Wildman–Crippen LogP) is 1.82. The molecule has 1 atom stereocenters. The largest absolute Gasteiger partial charge is 0.411 e. The number of carbonyl (C=O) groups excluding carboxylic acids is 1. The molecule has 5 nitrogen and oxygen atoms in total. The lowest BCUT2D eigenvalue weighted by Gasteiger charge is -2.11. The van der Waals surface area contributed by atoms with Crippen LogP contribution in [-0.2, 0) is 14.6 Å². The highest BCUT2D eigenvalue weighted by Crippen LogP contribution is 2.16. The molecule has 0 aliphatic heterocycles. The minimum Gasteiger partial charge on any atom is -0.411 e. The lowest BCUT2D eigenvalue weighted by Crippen LogP contribution is -2.26. The Balaban J connectivity index is 2.98. The Kier molecular flexibility index (Phi) is 4.83. The molecule has 1 rings (SSSR count). The maximum absolute atomic E-state index is 12.1. The molecule has 1 aromatic rings. The van der Waals surface area contributed by atoms with Crippen molar-refractivity contribution in [2.75, 3.05) is 5.75 Å². The number of sulfone groups is 1. The van der Waals surface area contributed by atoms with Gasteiger partial charge in [0.05, 0.1) is 10.6 Å². The molecule has 0 bridgehead atoms. The number of nitrogens with zero attached hydrogens (tertiary/aromatic N) is 1. The smallest absolute Gasteiger partial charge is 0.179 e. The van der Waals surface area contributed by atoms with Gasteiger partial charge in [0.1, 0.15) is 5.71 Å². The van der Waals surface area contributed by atoms with Crippen LogP contribution in [0.15, 0.2) is 34.3 Å². The summed E-state index contributed by atoms with van der Waals surface area (Å²) in [5.74, 6) is -1.36. The molecule has 0 aliphatic carbocycles. The van der Waals surface area contributed by atoms with Crippen LogP contribution in [0.2, 0.25) is 0 Å². The van der Waals surface area contributed by atoms with Gasteiger partial charge in [0.15, 0.2) is 15.6 Å². The molecular formula is C13H17NO4S. The van der Waals surface area contributed by atoms with Crippen molar-refractivity contribution in [2.45, 2.75) is 25.7 Å². The van der Waals surface area contributed by atoms with Gasteiger partial charge in [-0.2, -0.15) is 0 Å². The van der Waals surface area contributed by atoms with Gasteiger partial charge in [0.25, 0.3) is 0 Å². The van der Waals surface area contributed by atoms with Crippen molar-refractivity contribution in [3.05, 3.63) is 29.8 Å². The SMILES string of the molecule is CC(=O)C(=NO)C(C)CS(=O)(=O)c1ccc(C)cc1. The van der Waals surface area contributed by atoms with E-state index in [1.165, 1.54) is 19.1 Å². The highest BCUT2D eigenvalue weighted by atomic mass is 32.2. The number of carbonyl (C=O) groups is 1. The van der Waals surface area contributed by atoms with E-state index < -0.39 is 21.5 Å². The molecule has 0 aromatic heterocycles. The van der Waals surface area contributed by atoms with Gasteiger partial charge in [-0.25, -0.2) is 8.42 Å². The summed E-state index contributed by atoms with van der Waals surface area (Å²) in [5, 5.41) is 11.6. The summed E-state index contributed by atoms with van der Waals surface area (Å²) in [6.07, 6.45) is 0. The van der Waals surface area contributed by atoms with Crippen molar-refractivity contribution in [3.8, 4) is 0 Å². The Morgan fingerprint density at radius 2 is 1.84 bits per heavy atom. The van der Waals surface area contributed by atoms with Crippen molar-refractivity contribution in [3.63, 3.8) is 0 Å². The number of Topliss-reactive ketones (excluding diaryl/α,β-unsaturated/α-hetero) is 1. The standard InChI is InChI=1S/C13H17NO4S/c1-9-4-6-12(7-5-9)19(17,18)8-10(2)13(14-16)11(3)15/h4-7,10,16H,8H2,1-3H3. The molecule has 104 valence electrons. The molecule has 0 fully saturated rings. The van der Waals surface area contributed by atoms with Crippen molar-refractivity contribution in [1.29, 1.82) is 0 Å². The maximum Gasteiger partial charge on any atom is 0.179 e. The minimum absolute atomic E-state index is 0.129. The van der Waals surface area contributed by atoms with Crippen LogP contribution >= 0.6 is 0 Å². The van der Waals surface area contributed by atoms with E-state index in [1.54, 1.807) is 19.1 Å². The molecule has 0 heterocycles. The van der Waals surface area contributed by atoms with Crippen LogP contribution in [-0.4, -0.2) is 30.9 Å². The second-order valence-corrected chi connectivity index (χ2v) is 6.57. The maximum atomic E-state index is 12.1. The normalized spacial score (nSPS) is 14.2.